The summed E-state index contributed by atoms with van der Waals surface area (Å²) in [5, 5.41) is 4.74. The summed E-state index contributed by atoms with van der Waals surface area (Å²) in [7, 11) is 0. The number of nitrogens with zero attached hydrogens (tertiary/aromatic N) is 2. The van der Waals surface area contributed by atoms with Crippen LogP contribution in [0.25, 0.3) is 10.2 Å². The van der Waals surface area contributed by atoms with Crippen LogP contribution in [0.5, 0.6) is 0 Å². The molecule has 5 heteroatoms. The van der Waals surface area contributed by atoms with Gasteiger partial charge in [0, 0.05) is 10.9 Å². The predicted molar refractivity (Wildman–Crippen MR) is 90.9 cm³/mol. The number of nitrogens with two attached hydrogens (primary N) is 1. The van der Waals surface area contributed by atoms with Gasteiger partial charge in [0.1, 0.15) is 10.6 Å². The second-order valence-electron chi connectivity index (χ2n) is 6.80. The van der Waals surface area contributed by atoms with Crippen LogP contribution in [0.1, 0.15) is 51.3 Å². The smallest absolute Gasteiger partial charge is 0.223 e. The van der Waals surface area contributed by atoms with Gasteiger partial charge in [-0.3, -0.25) is 0 Å². The Balaban J connectivity index is 1.85. The third kappa shape index (κ3) is 3.12. The van der Waals surface area contributed by atoms with Crippen LogP contribution in [-0.2, 0) is 6.42 Å². The minimum Gasteiger partial charge on any atom is -0.368 e. The molecule has 1 saturated carbocycles. The number of aromatic nitrogens is 2. The molecule has 4 nitrogen and oxygen atoms in total. The molecule has 0 spiro atoms. The summed E-state index contributed by atoms with van der Waals surface area (Å²) < 4.78 is 0. The quantitative estimate of drug-likeness (QED) is 0.891. The third-order valence-corrected chi connectivity index (χ3v) is 5.66. The van der Waals surface area contributed by atoms with Crippen molar-refractivity contribution in [1.82, 2.24) is 9.97 Å². The van der Waals surface area contributed by atoms with E-state index in [2.05, 4.69) is 42.1 Å². The van der Waals surface area contributed by atoms with Crippen molar-refractivity contribution in [1.29, 1.82) is 0 Å². The van der Waals surface area contributed by atoms with Gasteiger partial charge >= 0.3 is 0 Å². The Morgan fingerprint density at radius 1 is 1.33 bits per heavy atom. The zero-order valence-corrected chi connectivity index (χ0v) is 13.9. The molecule has 2 aromatic rings. The van der Waals surface area contributed by atoms with Gasteiger partial charge in [0.2, 0.25) is 5.95 Å². The molecule has 0 bridgehead atoms. The van der Waals surface area contributed by atoms with Crippen LogP contribution in [0.15, 0.2) is 6.07 Å². The second kappa shape index (κ2) is 5.44. The summed E-state index contributed by atoms with van der Waals surface area (Å²) in [6.07, 6.45) is 5.95. The summed E-state index contributed by atoms with van der Waals surface area (Å²) >= 11 is 1.72. The van der Waals surface area contributed by atoms with Gasteiger partial charge in [0.25, 0.3) is 0 Å². The van der Waals surface area contributed by atoms with Gasteiger partial charge in [-0.2, -0.15) is 4.98 Å². The summed E-state index contributed by atoms with van der Waals surface area (Å²) in [5.74, 6) is 1.28. The largest absolute Gasteiger partial charge is 0.368 e. The van der Waals surface area contributed by atoms with Crippen molar-refractivity contribution in [3.8, 4) is 0 Å². The number of nitrogens with one attached hydrogen (secondary N) is 1. The average Bonchev–Trinajstić information content (AvgIpc) is 2.84. The van der Waals surface area contributed by atoms with Crippen LogP contribution in [-0.4, -0.2) is 16.0 Å². The second-order valence-corrected chi connectivity index (χ2v) is 7.91. The lowest BCUT2D eigenvalue weighted by Gasteiger charge is -2.34. The number of hydrogen-bond acceptors (Lipinski definition) is 5. The lowest BCUT2D eigenvalue weighted by Crippen LogP contribution is -2.30. The lowest BCUT2D eigenvalue weighted by molar-refractivity contribution is 0.232. The molecule has 0 saturated heterocycles. The maximum atomic E-state index is 5.87. The number of thiophene rings is 1. The Kier molecular flexibility index (Phi) is 3.78. The Labute approximate surface area is 130 Å². The molecule has 0 radical (unpaired) electrons. The van der Waals surface area contributed by atoms with E-state index in [1.54, 1.807) is 11.3 Å². The van der Waals surface area contributed by atoms with Crippen molar-refractivity contribution in [2.45, 2.75) is 58.9 Å². The molecule has 0 aromatic carbocycles. The highest BCUT2D eigenvalue weighted by atomic mass is 32.1. The Hall–Kier alpha value is -1.36. The number of rotatable bonds is 3. The molecule has 0 aliphatic heterocycles. The molecule has 2 aromatic heterocycles. The first-order chi connectivity index (χ1) is 9.97. The van der Waals surface area contributed by atoms with Crippen molar-refractivity contribution in [2.75, 3.05) is 11.1 Å². The minimum atomic E-state index is 0.366. The lowest BCUT2D eigenvalue weighted by atomic mass is 9.75. The standard InChI is InChI=1S/C16H24N4S/c1-4-11-9-12-13(19-15(17)20-14(12)21-11)18-10-5-7-16(2,3)8-6-10/h9-10H,4-8H2,1-3H3,(H3,17,18,19,20). The van der Waals surface area contributed by atoms with Crippen LogP contribution in [0.2, 0.25) is 0 Å². The summed E-state index contributed by atoms with van der Waals surface area (Å²) in [6, 6.07) is 2.70. The molecule has 2 heterocycles. The molecule has 1 aliphatic rings. The first-order valence-corrected chi connectivity index (χ1v) is 8.61. The van der Waals surface area contributed by atoms with E-state index in [1.807, 2.05) is 0 Å². The van der Waals surface area contributed by atoms with Crippen molar-refractivity contribution in [3.63, 3.8) is 0 Å². The number of hydrogen-bond donors (Lipinski definition) is 2. The van der Waals surface area contributed by atoms with Gasteiger partial charge in [-0.15, -0.1) is 11.3 Å². The van der Waals surface area contributed by atoms with E-state index in [1.165, 1.54) is 30.6 Å². The average molecular weight is 304 g/mol. The number of nitrogen functional groups attached to an aromatic ring is 1. The molecule has 1 aliphatic carbocycles. The fraction of sp³-hybridized carbons (Fsp3) is 0.625. The van der Waals surface area contributed by atoms with Gasteiger partial charge in [0.05, 0.1) is 5.39 Å². The molecule has 0 amide bonds. The van der Waals surface area contributed by atoms with Gasteiger partial charge in [-0.05, 0) is 43.6 Å². The molecule has 0 unspecified atom stereocenters. The first-order valence-electron chi connectivity index (χ1n) is 7.79. The SMILES string of the molecule is CCc1cc2c(NC3CCC(C)(C)CC3)nc(N)nc2s1. The summed E-state index contributed by atoms with van der Waals surface area (Å²) in [6.45, 7) is 6.88. The zero-order valence-electron chi connectivity index (χ0n) is 13.1. The van der Waals surface area contributed by atoms with Crippen LogP contribution >= 0.6 is 11.3 Å². The van der Waals surface area contributed by atoms with E-state index >= 15 is 0 Å². The van der Waals surface area contributed by atoms with Gasteiger partial charge < -0.3 is 11.1 Å². The maximum Gasteiger partial charge on any atom is 0.223 e. The molecular formula is C16H24N4S. The number of aryl methyl sites for hydroxylation is 1. The highest BCUT2D eigenvalue weighted by molar-refractivity contribution is 7.18. The normalized spacial score (nSPS) is 19.0. The monoisotopic (exact) mass is 304 g/mol. The predicted octanol–water partition coefficient (Wildman–Crippen LogP) is 4.22. The van der Waals surface area contributed by atoms with Gasteiger partial charge in [0.15, 0.2) is 0 Å². The Bertz CT molecular complexity index is 637. The van der Waals surface area contributed by atoms with E-state index in [0.29, 0.717) is 17.4 Å². The van der Waals surface area contributed by atoms with Crippen LogP contribution in [0.4, 0.5) is 11.8 Å². The molecule has 3 N–H and O–H groups in total. The van der Waals surface area contributed by atoms with Gasteiger partial charge in [-0.25, -0.2) is 4.98 Å². The van der Waals surface area contributed by atoms with E-state index < -0.39 is 0 Å². The van der Waals surface area contributed by atoms with E-state index in [0.717, 1.165) is 22.5 Å². The third-order valence-electron chi connectivity index (χ3n) is 4.49. The molecule has 0 atom stereocenters. The van der Waals surface area contributed by atoms with E-state index in [4.69, 9.17) is 5.73 Å². The van der Waals surface area contributed by atoms with Crippen LogP contribution in [0, 0.1) is 5.41 Å². The van der Waals surface area contributed by atoms with Crippen molar-refractivity contribution < 1.29 is 0 Å². The maximum absolute atomic E-state index is 5.87. The van der Waals surface area contributed by atoms with Crippen molar-refractivity contribution in [2.24, 2.45) is 5.41 Å². The van der Waals surface area contributed by atoms with Crippen LogP contribution in [0.3, 0.4) is 0 Å². The van der Waals surface area contributed by atoms with E-state index in [9.17, 15) is 0 Å². The van der Waals surface area contributed by atoms with Crippen molar-refractivity contribution in [3.05, 3.63) is 10.9 Å². The molecule has 21 heavy (non-hydrogen) atoms. The number of fused-ring (bicyclic) bond motifs is 1. The Morgan fingerprint density at radius 2 is 2.05 bits per heavy atom. The zero-order chi connectivity index (χ0) is 15.0. The molecule has 3 rings (SSSR count). The minimum absolute atomic E-state index is 0.366. The summed E-state index contributed by atoms with van der Waals surface area (Å²) in [5.41, 5.74) is 6.35. The van der Waals surface area contributed by atoms with Gasteiger partial charge in [-0.1, -0.05) is 20.8 Å². The van der Waals surface area contributed by atoms with E-state index in [-0.39, 0.29) is 0 Å². The highest BCUT2D eigenvalue weighted by Gasteiger charge is 2.27. The molecule has 114 valence electrons. The van der Waals surface area contributed by atoms with Crippen LogP contribution < -0.4 is 11.1 Å². The Morgan fingerprint density at radius 3 is 2.71 bits per heavy atom. The molecule has 1 fully saturated rings. The van der Waals surface area contributed by atoms with Crippen molar-refractivity contribution >= 4 is 33.3 Å². The molecular weight excluding hydrogens is 280 g/mol. The fourth-order valence-corrected chi connectivity index (χ4v) is 3.98. The first kappa shape index (κ1) is 14.6. The topological polar surface area (TPSA) is 63.8 Å². The highest BCUT2D eigenvalue weighted by Crippen LogP contribution is 2.37. The fourth-order valence-electron chi connectivity index (χ4n) is 3.01. The number of anilines is 2. The summed E-state index contributed by atoms with van der Waals surface area (Å²) in [4.78, 5) is 11.1.